The second kappa shape index (κ2) is 10.7. The van der Waals surface area contributed by atoms with E-state index in [1.807, 2.05) is 0 Å². The number of nitrogens with zero attached hydrogens (tertiary/aromatic N) is 1. The molecule has 2 N–H and O–H groups in total. The molecular weight excluding hydrogens is 429 g/mol. The van der Waals surface area contributed by atoms with Crippen molar-refractivity contribution in [3.8, 4) is 0 Å². The average Bonchev–Trinajstić information content (AvgIpc) is 2.58. The van der Waals surface area contributed by atoms with E-state index in [1.54, 1.807) is 0 Å². The molecule has 1 heterocycles. The van der Waals surface area contributed by atoms with E-state index in [2.05, 4.69) is 4.52 Å². The molecule has 0 aliphatic carbocycles. The zero-order chi connectivity index (χ0) is 22.4. The number of phosphoric acid groups is 1. The zero-order valence-electron chi connectivity index (χ0n) is 16.4. The fourth-order valence-corrected chi connectivity index (χ4v) is 3.84. The SMILES string of the molecule is O=C(CCCCCCCCc1ccc(C(F)(F)F)c(F)c1)N1CC(OP(=O)(O)O)C1. The number of carbonyl (C=O) groups excluding carboxylic acids is 1. The van der Waals surface area contributed by atoms with Crippen molar-refractivity contribution in [1.29, 1.82) is 0 Å². The summed E-state index contributed by atoms with van der Waals surface area (Å²) in [6.07, 6.45) is 0.597. The van der Waals surface area contributed by atoms with E-state index in [1.165, 1.54) is 11.0 Å². The van der Waals surface area contributed by atoms with Gasteiger partial charge in [0.05, 0.1) is 5.56 Å². The van der Waals surface area contributed by atoms with Crippen molar-refractivity contribution in [3.63, 3.8) is 0 Å². The molecule has 0 atom stereocenters. The number of phosphoric ester groups is 1. The largest absolute Gasteiger partial charge is 0.469 e. The van der Waals surface area contributed by atoms with Gasteiger partial charge in [0, 0.05) is 19.5 Å². The van der Waals surface area contributed by atoms with Crippen LogP contribution < -0.4 is 0 Å². The fourth-order valence-electron chi connectivity index (χ4n) is 3.32. The van der Waals surface area contributed by atoms with Gasteiger partial charge in [0.15, 0.2) is 0 Å². The molecule has 30 heavy (non-hydrogen) atoms. The molecule has 11 heteroatoms. The van der Waals surface area contributed by atoms with Crippen molar-refractivity contribution in [2.24, 2.45) is 0 Å². The summed E-state index contributed by atoms with van der Waals surface area (Å²) in [5.74, 6) is -1.31. The summed E-state index contributed by atoms with van der Waals surface area (Å²) in [5.41, 5.74) is -0.703. The number of unbranched alkanes of at least 4 members (excludes halogenated alkanes) is 5. The monoisotopic (exact) mass is 455 g/mol. The Kier molecular flexibility index (Phi) is 8.85. The third-order valence-electron chi connectivity index (χ3n) is 4.93. The molecule has 0 spiro atoms. The standard InChI is InChI=1S/C19H26F4NO5P/c20-17-11-14(9-10-16(17)19(21,22)23)7-5-3-1-2-4-6-8-18(25)24-12-15(13-24)29-30(26,27)28/h9-11,15H,1-8,12-13H2,(H2,26,27,28). The Morgan fingerprint density at radius 2 is 1.70 bits per heavy atom. The Morgan fingerprint density at radius 1 is 1.10 bits per heavy atom. The minimum Gasteiger partial charge on any atom is -0.337 e. The van der Waals surface area contributed by atoms with Crippen LogP contribution in [0.3, 0.4) is 0 Å². The molecule has 0 unspecified atom stereocenters. The van der Waals surface area contributed by atoms with Crippen molar-refractivity contribution in [1.82, 2.24) is 4.90 Å². The minimum atomic E-state index is -4.68. The number of halogens is 4. The average molecular weight is 455 g/mol. The number of aryl methyl sites for hydroxylation is 1. The van der Waals surface area contributed by atoms with Gasteiger partial charge in [-0.1, -0.05) is 31.7 Å². The smallest absolute Gasteiger partial charge is 0.337 e. The van der Waals surface area contributed by atoms with E-state index in [-0.39, 0.29) is 19.0 Å². The van der Waals surface area contributed by atoms with Crippen molar-refractivity contribution in [2.45, 2.75) is 63.6 Å². The van der Waals surface area contributed by atoms with Crippen LogP contribution in [0.1, 0.15) is 56.1 Å². The van der Waals surface area contributed by atoms with E-state index in [0.717, 1.165) is 44.2 Å². The first kappa shape index (κ1) is 24.8. The highest BCUT2D eigenvalue weighted by molar-refractivity contribution is 7.46. The van der Waals surface area contributed by atoms with Crippen molar-refractivity contribution in [2.75, 3.05) is 13.1 Å². The highest BCUT2D eigenvalue weighted by Gasteiger charge is 2.35. The summed E-state index contributed by atoms with van der Waals surface area (Å²) < 4.78 is 66.3. The van der Waals surface area contributed by atoms with Gasteiger partial charge in [0.25, 0.3) is 0 Å². The summed E-state index contributed by atoms with van der Waals surface area (Å²) in [7, 11) is -4.52. The van der Waals surface area contributed by atoms with Crippen LogP contribution in [0.5, 0.6) is 0 Å². The first-order chi connectivity index (χ1) is 14.0. The van der Waals surface area contributed by atoms with Gasteiger partial charge in [-0.2, -0.15) is 13.2 Å². The lowest BCUT2D eigenvalue weighted by Crippen LogP contribution is -2.54. The Labute approximate surface area is 172 Å². The van der Waals surface area contributed by atoms with Gasteiger partial charge in [0.1, 0.15) is 11.9 Å². The molecule has 1 amide bonds. The predicted octanol–water partition coefficient (Wildman–Crippen LogP) is 4.44. The predicted molar refractivity (Wildman–Crippen MR) is 101 cm³/mol. The third kappa shape index (κ3) is 8.34. The quantitative estimate of drug-likeness (QED) is 0.293. The van der Waals surface area contributed by atoms with Crippen molar-refractivity contribution in [3.05, 3.63) is 35.1 Å². The molecule has 0 aromatic heterocycles. The molecule has 2 rings (SSSR count). The second-order valence-electron chi connectivity index (χ2n) is 7.45. The highest BCUT2D eigenvalue weighted by Crippen LogP contribution is 2.39. The van der Waals surface area contributed by atoms with E-state index < -0.39 is 31.5 Å². The van der Waals surface area contributed by atoms with Crippen LogP contribution in [0, 0.1) is 5.82 Å². The van der Waals surface area contributed by atoms with Crippen molar-refractivity contribution >= 4 is 13.7 Å². The zero-order valence-corrected chi connectivity index (χ0v) is 17.3. The van der Waals surface area contributed by atoms with Gasteiger partial charge in [-0.05, 0) is 37.0 Å². The maximum absolute atomic E-state index is 13.5. The lowest BCUT2D eigenvalue weighted by Gasteiger charge is -2.38. The second-order valence-corrected chi connectivity index (χ2v) is 8.64. The number of amides is 1. The molecule has 6 nitrogen and oxygen atoms in total. The van der Waals surface area contributed by atoms with Gasteiger partial charge in [-0.25, -0.2) is 8.96 Å². The number of alkyl halides is 3. The van der Waals surface area contributed by atoms with Gasteiger partial charge in [-0.15, -0.1) is 0 Å². The van der Waals surface area contributed by atoms with E-state index in [4.69, 9.17) is 9.79 Å². The number of hydrogen-bond donors (Lipinski definition) is 2. The Morgan fingerprint density at radius 3 is 2.27 bits per heavy atom. The van der Waals surface area contributed by atoms with Crippen molar-refractivity contribution < 1.29 is 41.2 Å². The molecule has 1 aromatic carbocycles. The number of likely N-dealkylation sites (tertiary alicyclic amines) is 1. The normalized spacial score (nSPS) is 15.3. The van der Waals surface area contributed by atoms with E-state index in [0.29, 0.717) is 24.8 Å². The van der Waals surface area contributed by atoms with Gasteiger partial charge < -0.3 is 14.7 Å². The molecule has 0 bridgehead atoms. The van der Waals surface area contributed by atoms with Gasteiger partial charge in [-0.3, -0.25) is 9.32 Å². The highest BCUT2D eigenvalue weighted by atomic mass is 31.2. The number of benzene rings is 1. The van der Waals surface area contributed by atoms with E-state index >= 15 is 0 Å². The lowest BCUT2D eigenvalue weighted by atomic mass is 10.0. The summed E-state index contributed by atoms with van der Waals surface area (Å²) in [6, 6.07) is 3.03. The molecule has 1 aromatic rings. The van der Waals surface area contributed by atoms with Crippen LogP contribution in [-0.4, -0.2) is 39.8 Å². The lowest BCUT2D eigenvalue weighted by molar-refractivity contribution is -0.141. The van der Waals surface area contributed by atoms with Gasteiger partial charge >= 0.3 is 14.0 Å². The fraction of sp³-hybridized carbons (Fsp3) is 0.632. The van der Waals surface area contributed by atoms with E-state index in [9.17, 15) is 26.9 Å². The number of carbonyl (C=O) groups is 1. The molecule has 1 fully saturated rings. The topological polar surface area (TPSA) is 87.1 Å². The van der Waals surface area contributed by atoms with Crippen LogP contribution in [-0.2, 0) is 26.5 Å². The summed E-state index contributed by atoms with van der Waals surface area (Å²) >= 11 is 0. The Balaban J connectivity index is 1.50. The maximum Gasteiger partial charge on any atom is 0.469 e. The Bertz CT molecular complexity index is 762. The number of hydrogen-bond acceptors (Lipinski definition) is 3. The minimum absolute atomic E-state index is 0.0649. The van der Waals surface area contributed by atoms with Gasteiger partial charge in [0.2, 0.25) is 5.91 Å². The summed E-state index contributed by atoms with van der Waals surface area (Å²) in [6.45, 7) is 0.378. The summed E-state index contributed by atoms with van der Waals surface area (Å²) in [5, 5.41) is 0. The molecule has 0 saturated carbocycles. The molecule has 1 saturated heterocycles. The maximum atomic E-state index is 13.5. The van der Waals surface area contributed by atoms with Crippen LogP contribution in [0.25, 0.3) is 0 Å². The molecule has 170 valence electrons. The first-order valence-electron chi connectivity index (χ1n) is 9.83. The first-order valence-corrected chi connectivity index (χ1v) is 11.4. The summed E-state index contributed by atoms with van der Waals surface area (Å²) in [4.78, 5) is 30.8. The molecule has 1 aliphatic rings. The Hall–Kier alpha value is -1.48. The van der Waals surface area contributed by atoms with Crippen LogP contribution in [0.4, 0.5) is 17.6 Å². The molecule has 1 aliphatic heterocycles. The van der Waals surface area contributed by atoms with Crippen LogP contribution in [0.15, 0.2) is 18.2 Å². The third-order valence-corrected chi connectivity index (χ3v) is 5.50. The number of rotatable bonds is 11. The molecule has 0 radical (unpaired) electrons. The van der Waals surface area contributed by atoms with Crippen LogP contribution in [0.2, 0.25) is 0 Å². The molecular formula is C19H26F4NO5P. The van der Waals surface area contributed by atoms with Crippen LogP contribution >= 0.6 is 7.82 Å².